The normalized spacial score (nSPS) is 12.8. The Morgan fingerprint density at radius 2 is 2.08 bits per heavy atom. The SMILES string of the molecule is C=N/C(C)=C\C=C/CCC/N=C(\C)c1ccc(C)c(CNCC)c1. The number of aliphatic imine (C=N–C) groups is 2. The maximum atomic E-state index is 4.71. The second-order valence-corrected chi connectivity index (χ2v) is 5.93. The third kappa shape index (κ3) is 7.51. The highest BCUT2D eigenvalue weighted by Crippen LogP contribution is 2.12. The summed E-state index contributed by atoms with van der Waals surface area (Å²) < 4.78 is 0. The number of rotatable bonds is 10. The highest BCUT2D eigenvalue weighted by atomic mass is 14.8. The van der Waals surface area contributed by atoms with E-state index in [1.165, 1.54) is 16.7 Å². The summed E-state index contributed by atoms with van der Waals surface area (Å²) in [5, 5.41) is 3.39. The fraction of sp³-hybridized carbons (Fsp3) is 0.429. The van der Waals surface area contributed by atoms with Crippen molar-refractivity contribution in [2.75, 3.05) is 13.1 Å². The van der Waals surface area contributed by atoms with E-state index in [0.717, 1.165) is 43.9 Å². The van der Waals surface area contributed by atoms with E-state index in [9.17, 15) is 0 Å². The minimum absolute atomic E-state index is 0.856. The van der Waals surface area contributed by atoms with Crippen LogP contribution in [0.4, 0.5) is 0 Å². The van der Waals surface area contributed by atoms with E-state index in [0.29, 0.717) is 0 Å². The highest BCUT2D eigenvalue weighted by molar-refractivity contribution is 5.98. The molecular weight excluding hydrogens is 294 g/mol. The smallest absolute Gasteiger partial charge is 0.0395 e. The number of hydrogen-bond acceptors (Lipinski definition) is 3. The van der Waals surface area contributed by atoms with E-state index in [-0.39, 0.29) is 0 Å². The second kappa shape index (κ2) is 11.5. The van der Waals surface area contributed by atoms with Crippen molar-refractivity contribution < 1.29 is 0 Å². The molecule has 0 spiro atoms. The summed E-state index contributed by atoms with van der Waals surface area (Å²) in [4.78, 5) is 8.56. The molecule has 0 aliphatic carbocycles. The molecule has 0 atom stereocenters. The van der Waals surface area contributed by atoms with Crippen LogP contribution in [0.5, 0.6) is 0 Å². The zero-order chi connectivity index (χ0) is 17.8. The van der Waals surface area contributed by atoms with Crippen LogP contribution >= 0.6 is 0 Å². The molecule has 0 amide bonds. The van der Waals surface area contributed by atoms with Crippen molar-refractivity contribution in [3.63, 3.8) is 0 Å². The lowest BCUT2D eigenvalue weighted by Crippen LogP contribution is -2.13. The van der Waals surface area contributed by atoms with Crippen LogP contribution in [0.2, 0.25) is 0 Å². The molecule has 0 radical (unpaired) electrons. The van der Waals surface area contributed by atoms with Crippen LogP contribution in [-0.4, -0.2) is 25.5 Å². The van der Waals surface area contributed by atoms with Crippen LogP contribution in [0.1, 0.15) is 50.3 Å². The minimum Gasteiger partial charge on any atom is -0.313 e. The molecule has 0 aromatic heterocycles. The molecule has 0 heterocycles. The lowest BCUT2D eigenvalue weighted by atomic mass is 10.0. The number of unbranched alkanes of at least 4 members (excludes halogenated alkanes) is 1. The Morgan fingerprint density at radius 3 is 2.79 bits per heavy atom. The topological polar surface area (TPSA) is 36.8 Å². The van der Waals surface area contributed by atoms with Crippen LogP contribution in [-0.2, 0) is 6.54 Å². The third-order valence-electron chi connectivity index (χ3n) is 3.93. The highest BCUT2D eigenvalue weighted by Gasteiger charge is 2.02. The van der Waals surface area contributed by atoms with Crippen molar-refractivity contribution in [3.05, 3.63) is 58.8 Å². The Hall–Kier alpha value is -2.00. The molecule has 1 aromatic carbocycles. The molecule has 0 fully saturated rings. The first-order valence-electron chi connectivity index (χ1n) is 8.70. The van der Waals surface area contributed by atoms with E-state index in [2.05, 4.69) is 62.1 Å². The standard InChI is InChI=1S/C21H31N3/c1-6-23-16-21-15-20(13-12-17(21)2)19(4)24-14-10-8-7-9-11-18(3)22-5/h7,9,11-13,15,23H,5-6,8,10,14,16H2,1-4H3/b9-7-,18-11-,24-19+. The van der Waals surface area contributed by atoms with E-state index >= 15 is 0 Å². The molecule has 1 aromatic rings. The Balaban J connectivity index is 2.52. The Labute approximate surface area is 147 Å². The van der Waals surface area contributed by atoms with Crippen LogP contribution in [0.25, 0.3) is 0 Å². The summed E-state index contributed by atoms with van der Waals surface area (Å²) in [7, 11) is 0. The van der Waals surface area contributed by atoms with Crippen LogP contribution in [0.15, 0.2) is 52.1 Å². The molecular formula is C21H31N3. The monoisotopic (exact) mass is 325 g/mol. The molecule has 1 N–H and O–H groups in total. The molecule has 24 heavy (non-hydrogen) atoms. The van der Waals surface area contributed by atoms with Crippen molar-refractivity contribution in [2.45, 2.75) is 47.1 Å². The van der Waals surface area contributed by atoms with Crippen molar-refractivity contribution in [1.82, 2.24) is 5.32 Å². The first kappa shape index (κ1) is 20.0. The Kier molecular flexibility index (Phi) is 9.62. The predicted molar refractivity (Wildman–Crippen MR) is 107 cm³/mol. The largest absolute Gasteiger partial charge is 0.313 e. The molecule has 0 saturated carbocycles. The van der Waals surface area contributed by atoms with E-state index in [1.54, 1.807) is 0 Å². The number of allylic oxidation sites excluding steroid dienone is 4. The van der Waals surface area contributed by atoms with Gasteiger partial charge in [0.2, 0.25) is 0 Å². The van der Waals surface area contributed by atoms with Crippen molar-refractivity contribution in [3.8, 4) is 0 Å². The van der Waals surface area contributed by atoms with Crippen molar-refractivity contribution in [2.24, 2.45) is 9.98 Å². The summed E-state index contributed by atoms with van der Waals surface area (Å²) >= 11 is 0. The summed E-state index contributed by atoms with van der Waals surface area (Å²) in [6.07, 6.45) is 8.24. The first-order chi connectivity index (χ1) is 11.6. The number of benzene rings is 1. The van der Waals surface area contributed by atoms with Crippen molar-refractivity contribution >= 4 is 12.4 Å². The van der Waals surface area contributed by atoms with Gasteiger partial charge in [0.05, 0.1) is 0 Å². The van der Waals surface area contributed by atoms with Gasteiger partial charge in [-0.15, -0.1) is 0 Å². The van der Waals surface area contributed by atoms with E-state index in [1.807, 2.05) is 19.1 Å². The van der Waals surface area contributed by atoms with Crippen LogP contribution in [0.3, 0.4) is 0 Å². The number of aryl methyl sites for hydroxylation is 1. The third-order valence-corrected chi connectivity index (χ3v) is 3.93. The van der Waals surface area contributed by atoms with Gasteiger partial charge >= 0.3 is 0 Å². The number of hydrogen-bond donors (Lipinski definition) is 1. The molecule has 130 valence electrons. The van der Waals surface area contributed by atoms with Gasteiger partial charge in [-0.05, 0) is 75.7 Å². The fourth-order valence-corrected chi connectivity index (χ4v) is 2.25. The molecule has 0 aliphatic rings. The van der Waals surface area contributed by atoms with Crippen LogP contribution in [0, 0.1) is 6.92 Å². The van der Waals surface area contributed by atoms with Gasteiger partial charge in [-0.25, -0.2) is 0 Å². The van der Waals surface area contributed by atoms with E-state index in [4.69, 9.17) is 4.99 Å². The minimum atomic E-state index is 0.856. The van der Waals surface area contributed by atoms with Gasteiger partial charge < -0.3 is 5.32 Å². The van der Waals surface area contributed by atoms with Gasteiger partial charge in [0.1, 0.15) is 0 Å². The average molecular weight is 326 g/mol. The molecule has 3 nitrogen and oxygen atoms in total. The molecule has 0 saturated heterocycles. The van der Waals surface area contributed by atoms with Gasteiger partial charge in [-0.2, -0.15) is 0 Å². The molecule has 0 unspecified atom stereocenters. The first-order valence-corrected chi connectivity index (χ1v) is 8.70. The maximum Gasteiger partial charge on any atom is 0.0395 e. The number of nitrogens with zero attached hydrogens (tertiary/aromatic N) is 2. The molecule has 1 rings (SSSR count). The zero-order valence-electron chi connectivity index (χ0n) is 15.6. The average Bonchev–Trinajstić information content (AvgIpc) is 2.59. The summed E-state index contributed by atoms with van der Waals surface area (Å²) in [5.41, 5.74) is 5.95. The molecule has 0 bridgehead atoms. The van der Waals surface area contributed by atoms with Gasteiger partial charge in [0, 0.05) is 24.5 Å². The summed E-state index contributed by atoms with van der Waals surface area (Å²) in [5.74, 6) is 0. The van der Waals surface area contributed by atoms with Crippen LogP contribution < -0.4 is 5.32 Å². The Morgan fingerprint density at radius 1 is 1.29 bits per heavy atom. The zero-order valence-corrected chi connectivity index (χ0v) is 15.6. The molecule has 0 aliphatic heterocycles. The van der Waals surface area contributed by atoms with Crippen molar-refractivity contribution in [1.29, 1.82) is 0 Å². The quantitative estimate of drug-likeness (QED) is 0.372. The fourth-order valence-electron chi connectivity index (χ4n) is 2.25. The van der Waals surface area contributed by atoms with Gasteiger partial charge in [0.25, 0.3) is 0 Å². The van der Waals surface area contributed by atoms with Gasteiger partial charge in [-0.3, -0.25) is 9.98 Å². The maximum absolute atomic E-state index is 4.71. The lowest BCUT2D eigenvalue weighted by molar-refractivity contribution is 0.723. The summed E-state index contributed by atoms with van der Waals surface area (Å²) in [6, 6.07) is 6.61. The van der Waals surface area contributed by atoms with Gasteiger partial charge in [0.15, 0.2) is 0 Å². The molecule has 3 heteroatoms. The predicted octanol–water partition coefficient (Wildman–Crippen LogP) is 4.85. The van der Waals surface area contributed by atoms with Gasteiger partial charge in [-0.1, -0.05) is 31.2 Å². The second-order valence-electron chi connectivity index (χ2n) is 5.93. The number of nitrogens with one attached hydrogen (secondary N) is 1. The summed E-state index contributed by atoms with van der Waals surface area (Å²) in [6.45, 7) is 14.6. The Bertz CT molecular complexity index is 610. The lowest BCUT2D eigenvalue weighted by Gasteiger charge is -2.09. The van der Waals surface area contributed by atoms with E-state index < -0.39 is 0 Å².